The average Bonchev–Trinajstić information content (AvgIpc) is 2.86. The second-order valence-corrected chi connectivity index (χ2v) is 10.9. The number of hydrogen-bond donors (Lipinski definition) is 3. The molecule has 0 saturated carbocycles. The van der Waals surface area contributed by atoms with Crippen molar-refractivity contribution in [3.05, 3.63) is 35.4 Å². The monoisotopic (exact) mass is 558 g/mol. The van der Waals surface area contributed by atoms with Gasteiger partial charge in [0.25, 0.3) is 0 Å². The molecule has 0 spiro atoms. The lowest BCUT2D eigenvalue weighted by atomic mass is 9.96. The molecule has 40 heavy (non-hydrogen) atoms. The van der Waals surface area contributed by atoms with Gasteiger partial charge in [-0.25, -0.2) is 4.79 Å². The van der Waals surface area contributed by atoms with Gasteiger partial charge in [0.1, 0.15) is 24.2 Å². The molecule has 1 aromatic rings. The summed E-state index contributed by atoms with van der Waals surface area (Å²) in [4.78, 5) is 65.4. The molecule has 0 aliphatic rings. The first kappa shape index (κ1) is 34.0. The van der Waals surface area contributed by atoms with Gasteiger partial charge in [0.05, 0.1) is 13.5 Å². The molecule has 0 bridgehead atoms. The smallest absolute Gasteiger partial charge is 0.408 e. The van der Waals surface area contributed by atoms with Crippen molar-refractivity contribution in [2.75, 3.05) is 13.7 Å². The second-order valence-electron chi connectivity index (χ2n) is 10.9. The summed E-state index contributed by atoms with van der Waals surface area (Å²) < 4.78 is 9.93. The first-order valence-corrected chi connectivity index (χ1v) is 13.1. The van der Waals surface area contributed by atoms with E-state index in [1.54, 1.807) is 52.0 Å². The van der Waals surface area contributed by atoms with E-state index in [1.165, 1.54) is 12.0 Å². The Bertz CT molecular complexity index is 1090. The largest absolute Gasteiger partial charge is 0.468 e. The molecule has 0 saturated heterocycles. The highest BCUT2D eigenvalue weighted by Crippen LogP contribution is 2.28. The Hall–Kier alpha value is -4.07. The number of rotatable bonds is 13. The number of terminal acetylenes is 1. The number of alkyl carbamates (subject to hydrolysis) is 1. The SMILES string of the molecule is C#Cc1ccc(C(C(=O)NCC(=O)OC)N(C(=O)C(CC(N)=O)NC(=O)OC(C)(C)C)C(C)CCC(C)C)cc1. The third-order valence-electron chi connectivity index (χ3n) is 5.84. The van der Waals surface area contributed by atoms with E-state index in [4.69, 9.17) is 16.9 Å². The number of carbonyl (C=O) groups excluding carboxylic acids is 5. The van der Waals surface area contributed by atoms with Crippen LogP contribution in [0.4, 0.5) is 4.79 Å². The summed E-state index contributed by atoms with van der Waals surface area (Å²) in [5.74, 6) is -0.114. The van der Waals surface area contributed by atoms with Gasteiger partial charge < -0.3 is 30.7 Å². The molecule has 0 aliphatic heterocycles. The Morgan fingerprint density at radius 1 is 1.05 bits per heavy atom. The normalized spacial score (nSPS) is 13.3. The van der Waals surface area contributed by atoms with Gasteiger partial charge in [-0.1, -0.05) is 31.9 Å². The Balaban J connectivity index is 3.66. The van der Waals surface area contributed by atoms with Gasteiger partial charge in [-0.05, 0) is 64.2 Å². The van der Waals surface area contributed by atoms with Crippen molar-refractivity contribution in [1.29, 1.82) is 0 Å². The number of carbonyl (C=O) groups is 5. The standard InChI is InChI=1S/C29H42N4O7/c1-9-20-12-14-21(15-13-20)25(26(36)31-17-24(35)39-8)33(19(4)11-10-18(2)3)27(37)22(16-23(30)34)32-28(38)40-29(5,6)7/h1,12-15,18-19,22,25H,10-11,16-17H2,2-8H3,(H2,30,34)(H,31,36)(H,32,38). The Morgan fingerprint density at radius 2 is 1.65 bits per heavy atom. The predicted octanol–water partition coefficient (Wildman–Crippen LogP) is 2.42. The van der Waals surface area contributed by atoms with E-state index in [2.05, 4.69) is 21.3 Å². The quantitative estimate of drug-likeness (QED) is 0.248. The number of methoxy groups -OCH3 is 1. The molecule has 4 N–H and O–H groups in total. The minimum atomic E-state index is -1.42. The summed E-state index contributed by atoms with van der Waals surface area (Å²) >= 11 is 0. The van der Waals surface area contributed by atoms with Crippen molar-refractivity contribution in [2.24, 2.45) is 11.7 Å². The van der Waals surface area contributed by atoms with Gasteiger partial charge in [-0.3, -0.25) is 19.2 Å². The zero-order chi connectivity index (χ0) is 30.6. The van der Waals surface area contributed by atoms with E-state index in [0.29, 0.717) is 23.5 Å². The van der Waals surface area contributed by atoms with Crippen LogP contribution in [0.5, 0.6) is 0 Å². The molecule has 3 unspecified atom stereocenters. The van der Waals surface area contributed by atoms with Crippen LogP contribution in [0, 0.1) is 18.3 Å². The minimum Gasteiger partial charge on any atom is -0.468 e. The van der Waals surface area contributed by atoms with Crippen LogP contribution >= 0.6 is 0 Å². The van der Waals surface area contributed by atoms with Crippen LogP contribution in [0.25, 0.3) is 0 Å². The third-order valence-corrected chi connectivity index (χ3v) is 5.84. The molecule has 4 amide bonds. The fourth-order valence-electron chi connectivity index (χ4n) is 3.87. The van der Waals surface area contributed by atoms with Crippen molar-refractivity contribution in [1.82, 2.24) is 15.5 Å². The number of nitrogens with zero attached hydrogens (tertiary/aromatic N) is 1. The van der Waals surface area contributed by atoms with E-state index in [-0.39, 0.29) is 0 Å². The maximum atomic E-state index is 14.1. The van der Waals surface area contributed by atoms with Crippen molar-refractivity contribution < 1.29 is 33.4 Å². The van der Waals surface area contributed by atoms with Gasteiger partial charge in [-0.2, -0.15) is 0 Å². The lowest BCUT2D eigenvalue weighted by Gasteiger charge is -2.38. The van der Waals surface area contributed by atoms with Gasteiger partial charge in [-0.15, -0.1) is 6.42 Å². The highest BCUT2D eigenvalue weighted by Gasteiger charge is 2.39. The Morgan fingerprint density at radius 3 is 2.12 bits per heavy atom. The average molecular weight is 559 g/mol. The molecule has 1 rings (SSSR count). The van der Waals surface area contributed by atoms with E-state index in [1.807, 2.05) is 13.8 Å². The first-order valence-electron chi connectivity index (χ1n) is 13.1. The third kappa shape index (κ3) is 11.4. The summed E-state index contributed by atoms with van der Waals surface area (Å²) in [6.45, 7) is 10.3. The van der Waals surface area contributed by atoms with E-state index in [9.17, 15) is 24.0 Å². The topological polar surface area (TPSA) is 157 Å². The fraction of sp³-hybridized carbons (Fsp3) is 0.552. The number of esters is 1. The zero-order valence-electron chi connectivity index (χ0n) is 24.4. The molecule has 0 radical (unpaired) electrons. The zero-order valence-corrected chi connectivity index (χ0v) is 24.4. The molecule has 11 nitrogen and oxygen atoms in total. The van der Waals surface area contributed by atoms with Gasteiger partial charge in [0, 0.05) is 11.6 Å². The lowest BCUT2D eigenvalue weighted by molar-refractivity contribution is -0.147. The molecular weight excluding hydrogens is 516 g/mol. The summed E-state index contributed by atoms with van der Waals surface area (Å²) in [6.07, 6.45) is 5.26. The first-order chi connectivity index (χ1) is 18.6. The Labute approximate surface area is 236 Å². The molecule has 11 heteroatoms. The number of nitrogens with one attached hydrogen (secondary N) is 2. The number of ether oxygens (including phenoxy) is 2. The van der Waals surface area contributed by atoms with Crippen molar-refractivity contribution >= 4 is 29.8 Å². The lowest BCUT2D eigenvalue weighted by Crippen LogP contribution is -2.56. The summed E-state index contributed by atoms with van der Waals surface area (Å²) in [7, 11) is 1.19. The number of amides is 4. The number of primary amides is 1. The predicted molar refractivity (Wildman–Crippen MR) is 149 cm³/mol. The molecular formula is C29H42N4O7. The van der Waals surface area contributed by atoms with Crippen LogP contribution < -0.4 is 16.4 Å². The van der Waals surface area contributed by atoms with Crippen LogP contribution in [0.1, 0.15) is 78.0 Å². The second kappa shape index (κ2) is 15.5. The van der Waals surface area contributed by atoms with Gasteiger partial charge in [0.2, 0.25) is 17.7 Å². The van der Waals surface area contributed by atoms with Crippen LogP contribution in [0.2, 0.25) is 0 Å². The molecule has 1 aromatic carbocycles. The van der Waals surface area contributed by atoms with Crippen LogP contribution in [-0.2, 0) is 28.7 Å². The summed E-state index contributed by atoms with van der Waals surface area (Å²) in [5, 5.41) is 4.96. The number of nitrogens with two attached hydrogens (primary N) is 1. The minimum absolute atomic E-state index is 0.294. The fourth-order valence-corrected chi connectivity index (χ4v) is 3.87. The molecule has 3 atom stereocenters. The number of hydrogen-bond acceptors (Lipinski definition) is 7. The molecule has 0 aromatic heterocycles. The molecule has 0 heterocycles. The van der Waals surface area contributed by atoms with E-state index >= 15 is 0 Å². The maximum Gasteiger partial charge on any atom is 0.408 e. The van der Waals surface area contributed by atoms with Crippen molar-refractivity contribution in [3.8, 4) is 12.3 Å². The molecule has 0 aliphatic carbocycles. The Kier molecular flexibility index (Phi) is 13.2. The summed E-state index contributed by atoms with van der Waals surface area (Å²) in [6, 6.07) is 3.26. The van der Waals surface area contributed by atoms with Crippen LogP contribution in [0.15, 0.2) is 24.3 Å². The van der Waals surface area contributed by atoms with E-state index in [0.717, 1.165) is 6.42 Å². The van der Waals surface area contributed by atoms with Gasteiger partial charge >= 0.3 is 12.1 Å². The van der Waals surface area contributed by atoms with Crippen molar-refractivity contribution in [3.63, 3.8) is 0 Å². The molecule has 220 valence electrons. The van der Waals surface area contributed by atoms with Gasteiger partial charge in [0.15, 0.2) is 0 Å². The maximum absolute atomic E-state index is 14.1. The van der Waals surface area contributed by atoms with Crippen LogP contribution in [0.3, 0.4) is 0 Å². The summed E-state index contributed by atoms with van der Waals surface area (Å²) in [5.41, 5.74) is 5.52. The highest BCUT2D eigenvalue weighted by atomic mass is 16.6. The molecule has 0 fully saturated rings. The van der Waals surface area contributed by atoms with Crippen molar-refractivity contribution in [2.45, 2.75) is 84.5 Å². The van der Waals surface area contributed by atoms with E-state index < -0.39 is 66.5 Å². The highest BCUT2D eigenvalue weighted by molar-refractivity contribution is 5.95. The van der Waals surface area contributed by atoms with Crippen LogP contribution in [-0.4, -0.2) is 66.0 Å². The number of benzene rings is 1.